The minimum absolute atomic E-state index is 0.0657. The first-order valence-electron chi connectivity index (χ1n) is 10.3. The fourth-order valence-electron chi connectivity index (χ4n) is 4.41. The van der Waals surface area contributed by atoms with Gasteiger partial charge in [-0.2, -0.15) is 0 Å². The highest BCUT2D eigenvalue weighted by Crippen LogP contribution is 2.43. The maximum atomic E-state index is 13.9. The summed E-state index contributed by atoms with van der Waals surface area (Å²) in [6, 6.07) is 12.4. The molecule has 2 aliphatic heterocycles. The van der Waals surface area contributed by atoms with Gasteiger partial charge in [0.2, 0.25) is 5.91 Å². The number of para-hydroxylation sites is 1. The Morgan fingerprint density at radius 3 is 2.69 bits per heavy atom. The summed E-state index contributed by atoms with van der Waals surface area (Å²) in [7, 11) is 1.58. The number of nitrogens with one attached hydrogen (secondary N) is 1. The summed E-state index contributed by atoms with van der Waals surface area (Å²) in [5, 5.41) is 12.4. The van der Waals surface area contributed by atoms with E-state index in [0.717, 1.165) is 11.1 Å². The summed E-state index contributed by atoms with van der Waals surface area (Å²) < 4.78 is 18.8. The molecule has 2 fully saturated rings. The molecule has 2 saturated heterocycles. The largest absolute Gasteiger partial charge is 0.394 e. The van der Waals surface area contributed by atoms with Crippen molar-refractivity contribution in [3.05, 3.63) is 65.5 Å². The number of aliphatic hydroxyl groups is 1. The van der Waals surface area contributed by atoms with Crippen LogP contribution in [0.4, 0.5) is 14.9 Å². The molecule has 0 saturated carbocycles. The number of aliphatic hydroxyl groups excluding tert-OH is 1. The van der Waals surface area contributed by atoms with E-state index < -0.39 is 11.8 Å². The van der Waals surface area contributed by atoms with Gasteiger partial charge >= 0.3 is 6.03 Å². The summed E-state index contributed by atoms with van der Waals surface area (Å²) in [6.45, 7) is 0.362. The summed E-state index contributed by atoms with van der Waals surface area (Å²) in [6.07, 6.45) is 0. The number of hydrogen-bond donors (Lipinski definition) is 2. The van der Waals surface area contributed by atoms with Crippen LogP contribution in [-0.2, 0) is 9.53 Å². The standard InChI is InChI=1S/C24H24FN3O4/c1-32-12-4-5-16-8-10-17(11-9-16)23-20-13-27(14-22(30)28(20)21(23)15-29)24(31)26-19-7-3-2-6-18(19)25/h2-3,6-11,20-21,23,29H,12-15H2,1H3,(H,26,31)/t20-,21-,23-/m0/s1. The maximum Gasteiger partial charge on any atom is 0.322 e. The molecule has 0 spiro atoms. The van der Waals surface area contributed by atoms with Crippen LogP contribution in [0.5, 0.6) is 0 Å². The molecule has 3 amide bonds. The number of urea groups is 1. The molecule has 2 aromatic rings. The number of halogens is 1. The number of carbonyl (C=O) groups excluding carboxylic acids is 2. The highest BCUT2D eigenvalue weighted by atomic mass is 19.1. The van der Waals surface area contributed by atoms with Crippen LogP contribution in [0.15, 0.2) is 48.5 Å². The second-order valence-electron chi connectivity index (χ2n) is 7.79. The van der Waals surface area contributed by atoms with Crippen molar-refractivity contribution in [2.75, 3.05) is 38.7 Å². The van der Waals surface area contributed by atoms with Crippen molar-refractivity contribution in [3.63, 3.8) is 0 Å². The molecular weight excluding hydrogens is 413 g/mol. The maximum absolute atomic E-state index is 13.9. The van der Waals surface area contributed by atoms with Crippen LogP contribution >= 0.6 is 0 Å². The highest BCUT2D eigenvalue weighted by Gasteiger charge is 2.54. The predicted octanol–water partition coefficient (Wildman–Crippen LogP) is 2.03. The van der Waals surface area contributed by atoms with Gasteiger partial charge in [-0.3, -0.25) is 4.79 Å². The molecule has 32 heavy (non-hydrogen) atoms. The number of methoxy groups -OCH3 is 1. The number of hydrogen-bond acceptors (Lipinski definition) is 4. The Morgan fingerprint density at radius 1 is 1.25 bits per heavy atom. The number of benzene rings is 2. The smallest absolute Gasteiger partial charge is 0.322 e. The number of anilines is 1. The van der Waals surface area contributed by atoms with Gasteiger partial charge in [0.25, 0.3) is 0 Å². The van der Waals surface area contributed by atoms with Gasteiger partial charge in [0.05, 0.1) is 24.4 Å². The second-order valence-corrected chi connectivity index (χ2v) is 7.79. The molecule has 8 heteroatoms. The lowest BCUT2D eigenvalue weighted by atomic mass is 9.73. The van der Waals surface area contributed by atoms with Gasteiger partial charge in [0.1, 0.15) is 19.0 Å². The number of ether oxygens (including phenoxy) is 1. The van der Waals surface area contributed by atoms with E-state index in [4.69, 9.17) is 4.74 Å². The number of rotatable bonds is 4. The molecule has 0 aliphatic carbocycles. The zero-order chi connectivity index (χ0) is 22.7. The van der Waals surface area contributed by atoms with Crippen LogP contribution < -0.4 is 5.32 Å². The van der Waals surface area contributed by atoms with E-state index in [1.54, 1.807) is 18.1 Å². The van der Waals surface area contributed by atoms with E-state index >= 15 is 0 Å². The van der Waals surface area contributed by atoms with E-state index in [2.05, 4.69) is 17.2 Å². The van der Waals surface area contributed by atoms with Crippen LogP contribution in [0.1, 0.15) is 17.0 Å². The van der Waals surface area contributed by atoms with Crippen LogP contribution in [0.3, 0.4) is 0 Å². The zero-order valence-corrected chi connectivity index (χ0v) is 17.6. The lowest BCUT2D eigenvalue weighted by molar-refractivity contribution is -0.159. The second kappa shape index (κ2) is 9.39. The van der Waals surface area contributed by atoms with Crippen LogP contribution in [0.2, 0.25) is 0 Å². The monoisotopic (exact) mass is 437 g/mol. The zero-order valence-electron chi connectivity index (χ0n) is 17.6. The van der Waals surface area contributed by atoms with Crippen molar-refractivity contribution in [1.82, 2.24) is 9.80 Å². The van der Waals surface area contributed by atoms with E-state index in [9.17, 15) is 19.1 Å². The van der Waals surface area contributed by atoms with E-state index in [1.807, 2.05) is 24.3 Å². The predicted molar refractivity (Wildman–Crippen MR) is 116 cm³/mol. The Hall–Kier alpha value is -3.41. The Balaban J connectivity index is 1.50. The molecule has 2 aliphatic rings. The molecule has 3 atom stereocenters. The average molecular weight is 437 g/mol. The van der Waals surface area contributed by atoms with Crippen molar-refractivity contribution in [1.29, 1.82) is 0 Å². The Labute approximate surface area is 185 Å². The van der Waals surface area contributed by atoms with E-state index in [1.165, 1.54) is 23.1 Å². The van der Waals surface area contributed by atoms with Gasteiger partial charge in [0, 0.05) is 25.1 Å². The third-order valence-electron chi connectivity index (χ3n) is 5.90. The van der Waals surface area contributed by atoms with Crippen LogP contribution in [0.25, 0.3) is 0 Å². The summed E-state index contributed by atoms with van der Waals surface area (Å²) >= 11 is 0. The first-order valence-corrected chi connectivity index (χ1v) is 10.3. The number of carbonyl (C=O) groups is 2. The van der Waals surface area contributed by atoms with Crippen molar-refractivity contribution >= 4 is 17.6 Å². The van der Waals surface area contributed by atoms with Crippen molar-refractivity contribution in [2.45, 2.75) is 18.0 Å². The number of nitrogens with zero attached hydrogens (tertiary/aromatic N) is 2. The minimum Gasteiger partial charge on any atom is -0.394 e. The summed E-state index contributed by atoms with van der Waals surface area (Å²) in [5.74, 6) is 5.01. The quantitative estimate of drug-likeness (QED) is 0.718. The average Bonchev–Trinajstić information content (AvgIpc) is 2.78. The summed E-state index contributed by atoms with van der Waals surface area (Å²) in [4.78, 5) is 28.5. The third kappa shape index (κ3) is 4.17. The van der Waals surface area contributed by atoms with Crippen molar-refractivity contribution < 1.29 is 23.8 Å². The molecule has 2 heterocycles. The molecule has 0 unspecified atom stereocenters. The fourth-order valence-corrected chi connectivity index (χ4v) is 4.41. The molecule has 166 valence electrons. The molecule has 2 N–H and O–H groups in total. The number of fused-ring (bicyclic) bond motifs is 1. The van der Waals surface area contributed by atoms with Gasteiger partial charge in [-0.25, -0.2) is 9.18 Å². The number of piperazine rings is 1. The first-order chi connectivity index (χ1) is 15.5. The van der Waals surface area contributed by atoms with E-state index in [-0.39, 0.29) is 42.7 Å². The first kappa shape index (κ1) is 21.8. The molecule has 0 aromatic heterocycles. The Kier molecular flexibility index (Phi) is 6.40. The highest BCUT2D eigenvalue weighted by molar-refractivity contribution is 5.93. The molecule has 7 nitrogen and oxygen atoms in total. The SMILES string of the molecule is COCC#Cc1ccc([C@@H]2[C@H](CO)N3C(=O)CN(C(=O)Nc4ccccc4F)C[C@@H]23)cc1. The van der Waals surface area contributed by atoms with Gasteiger partial charge in [-0.05, 0) is 29.8 Å². The summed E-state index contributed by atoms with van der Waals surface area (Å²) in [5.41, 5.74) is 1.87. The van der Waals surface area contributed by atoms with Gasteiger partial charge in [-0.15, -0.1) is 0 Å². The molecular formula is C24H24FN3O4. The molecule has 2 aromatic carbocycles. The van der Waals surface area contributed by atoms with Crippen LogP contribution in [0, 0.1) is 17.7 Å². The minimum atomic E-state index is -0.540. The van der Waals surface area contributed by atoms with Gasteiger partial charge in [0.15, 0.2) is 0 Å². The number of amides is 3. The molecule has 0 bridgehead atoms. The molecule has 4 rings (SSSR count). The van der Waals surface area contributed by atoms with E-state index in [0.29, 0.717) is 13.2 Å². The Morgan fingerprint density at radius 2 is 2.00 bits per heavy atom. The molecule has 0 radical (unpaired) electrons. The lowest BCUT2D eigenvalue weighted by Gasteiger charge is -2.58. The van der Waals surface area contributed by atoms with Gasteiger partial charge < -0.3 is 25.0 Å². The normalized spacial score (nSPS) is 21.8. The fraction of sp³-hybridized carbons (Fsp3) is 0.333. The van der Waals surface area contributed by atoms with Gasteiger partial charge in [-0.1, -0.05) is 36.1 Å². The third-order valence-corrected chi connectivity index (χ3v) is 5.90. The van der Waals surface area contributed by atoms with Crippen molar-refractivity contribution in [3.8, 4) is 11.8 Å². The van der Waals surface area contributed by atoms with Crippen LogP contribution in [-0.4, -0.2) is 72.3 Å². The van der Waals surface area contributed by atoms with Crippen molar-refractivity contribution in [2.24, 2.45) is 0 Å². The lowest BCUT2D eigenvalue weighted by Crippen LogP contribution is -2.73. The Bertz CT molecular complexity index is 1060. The topological polar surface area (TPSA) is 82.1 Å².